The number of nitrogen functional groups attached to an aromatic ring is 1. The highest BCUT2D eigenvalue weighted by molar-refractivity contribution is 5.90. The van der Waals surface area contributed by atoms with Gasteiger partial charge in [-0.05, 0) is 30.3 Å². The third-order valence-electron chi connectivity index (χ3n) is 7.64. The maximum absolute atomic E-state index is 14.9. The van der Waals surface area contributed by atoms with E-state index in [0.29, 0.717) is 54.7 Å². The minimum atomic E-state index is -1.09. The minimum absolute atomic E-state index is 0.263. The molecule has 2 atom stereocenters. The van der Waals surface area contributed by atoms with Crippen molar-refractivity contribution >= 4 is 28.3 Å². The summed E-state index contributed by atoms with van der Waals surface area (Å²) in [7, 11) is 0. The number of benzene rings is 1. The number of imidazole rings is 1. The third-order valence-corrected chi connectivity index (χ3v) is 7.64. The number of ether oxygens (including phenoxy) is 1. The first-order chi connectivity index (χ1) is 19.5. The molecule has 1 aromatic carbocycles. The van der Waals surface area contributed by atoms with Crippen molar-refractivity contribution in [2.75, 3.05) is 56.4 Å². The zero-order chi connectivity index (χ0) is 27.2. The fourth-order valence-electron chi connectivity index (χ4n) is 5.45. The van der Waals surface area contributed by atoms with E-state index in [2.05, 4.69) is 25.3 Å². The molecule has 2 aliphatic rings. The van der Waals surface area contributed by atoms with E-state index in [1.54, 1.807) is 29.2 Å². The Morgan fingerprint density at radius 1 is 1.10 bits per heavy atom. The number of anilines is 2. The molecule has 40 heavy (non-hydrogen) atoms. The van der Waals surface area contributed by atoms with Crippen molar-refractivity contribution in [3.05, 3.63) is 54.8 Å². The second-order valence-corrected chi connectivity index (χ2v) is 10.2. The molecule has 2 saturated heterocycles. The van der Waals surface area contributed by atoms with E-state index in [1.165, 1.54) is 6.07 Å². The molecule has 208 valence electrons. The van der Waals surface area contributed by atoms with Crippen molar-refractivity contribution in [2.45, 2.75) is 18.8 Å². The summed E-state index contributed by atoms with van der Waals surface area (Å²) in [6.45, 7) is 5.12. The maximum atomic E-state index is 14.9. The fraction of sp³-hybridized carbons (Fsp3) is 0.370. The summed E-state index contributed by atoms with van der Waals surface area (Å²) in [6.07, 6.45) is 1.71. The van der Waals surface area contributed by atoms with Gasteiger partial charge in [0.2, 0.25) is 5.95 Å². The molecular formula is C27H29F2N9O2. The number of hydrogen-bond donors (Lipinski definition) is 2. The summed E-state index contributed by atoms with van der Waals surface area (Å²) < 4.78 is 43.4. The predicted molar refractivity (Wildman–Crippen MR) is 146 cm³/mol. The Bertz CT molecular complexity index is 1640. The van der Waals surface area contributed by atoms with Crippen LogP contribution in [0, 0.1) is 5.82 Å². The van der Waals surface area contributed by atoms with Crippen LogP contribution in [0.2, 0.25) is 0 Å². The van der Waals surface area contributed by atoms with Crippen LogP contribution in [0.4, 0.5) is 20.4 Å². The molecule has 5 aromatic rings. The fourth-order valence-corrected chi connectivity index (χ4v) is 5.45. The number of nitrogens with one attached hydrogen (secondary N) is 1. The van der Waals surface area contributed by atoms with Gasteiger partial charge in [-0.25, -0.2) is 13.8 Å². The number of piperazine rings is 1. The number of alkyl halides is 1. The summed E-state index contributed by atoms with van der Waals surface area (Å²) in [6, 6.07) is 10.3. The second-order valence-electron chi connectivity index (χ2n) is 10.2. The largest absolute Gasteiger partial charge is 0.486 e. The monoisotopic (exact) mass is 549 g/mol. The molecule has 0 amide bonds. The van der Waals surface area contributed by atoms with Crippen LogP contribution in [0.1, 0.15) is 0 Å². The number of nitrogens with two attached hydrogens (primary N) is 1. The van der Waals surface area contributed by atoms with Crippen LogP contribution < -0.4 is 20.7 Å². The SMILES string of the molecule is Nc1nc2c(ncn2CCN2CCN(c3ccc(O[C@@H]4CNC[C@H]4F)cc3F)CC2)c2cc(-c3ccco3)nn12. The van der Waals surface area contributed by atoms with Gasteiger partial charge in [0, 0.05) is 58.4 Å². The topological polar surface area (TPSA) is 115 Å². The highest BCUT2D eigenvalue weighted by Crippen LogP contribution is 2.28. The molecule has 4 aromatic heterocycles. The lowest BCUT2D eigenvalue weighted by Crippen LogP contribution is -2.47. The standard InChI is InChI=1S/C27H29F2N9O2/c28-18-12-17(40-24-15-31-14-19(24)29)3-4-21(18)36-8-5-35(6-9-36)7-10-37-16-32-25-22-13-20(23-2-1-11-39-23)34-38(22)27(30)33-26(25)37/h1-4,11-13,16,19,24,31H,5-10,14-15H2,(H2,30,33)/t19-,24-/m1/s1. The minimum Gasteiger partial charge on any atom is -0.486 e. The van der Waals surface area contributed by atoms with Crippen LogP contribution in [0.3, 0.4) is 0 Å². The van der Waals surface area contributed by atoms with E-state index in [1.807, 2.05) is 27.7 Å². The summed E-state index contributed by atoms with van der Waals surface area (Å²) in [5.41, 5.74) is 9.63. The molecule has 0 saturated carbocycles. The summed E-state index contributed by atoms with van der Waals surface area (Å²) >= 11 is 0. The first-order valence-electron chi connectivity index (χ1n) is 13.4. The Hall–Kier alpha value is -4.23. The molecule has 13 heteroatoms. The van der Waals surface area contributed by atoms with Gasteiger partial charge in [-0.3, -0.25) is 4.90 Å². The van der Waals surface area contributed by atoms with Crippen molar-refractivity contribution in [1.29, 1.82) is 0 Å². The van der Waals surface area contributed by atoms with E-state index in [4.69, 9.17) is 14.9 Å². The van der Waals surface area contributed by atoms with Crippen molar-refractivity contribution in [1.82, 2.24) is 34.4 Å². The van der Waals surface area contributed by atoms with Crippen LogP contribution >= 0.6 is 0 Å². The summed E-state index contributed by atoms with van der Waals surface area (Å²) in [5.74, 6) is 0.916. The second kappa shape index (κ2) is 10.1. The molecule has 7 rings (SSSR count). The quantitative estimate of drug-likeness (QED) is 0.316. The average Bonchev–Trinajstić information content (AvgIpc) is 3.76. The number of hydrogen-bond acceptors (Lipinski definition) is 9. The van der Waals surface area contributed by atoms with Crippen LogP contribution in [0.5, 0.6) is 5.75 Å². The number of furan rings is 1. The van der Waals surface area contributed by atoms with Gasteiger partial charge < -0.3 is 29.7 Å². The van der Waals surface area contributed by atoms with E-state index in [-0.39, 0.29) is 18.3 Å². The molecular weight excluding hydrogens is 520 g/mol. The summed E-state index contributed by atoms with van der Waals surface area (Å²) in [5, 5.41) is 7.46. The molecule has 0 aliphatic carbocycles. The van der Waals surface area contributed by atoms with E-state index in [9.17, 15) is 8.78 Å². The van der Waals surface area contributed by atoms with E-state index in [0.717, 1.165) is 30.7 Å². The van der Waals surface area contributed by atoms with Gasteiger partial charge >= 0.3 is 0 Å². The number of nitrogens with zero attached hydrogens (tertiary/aromatic N) is 7. The van der Waals surface area contributed by atoms with Crippen molar-refractivity contribution in [3.63, 3.8) is 0 Å². The molecule has 3 N–H and O–H groups in total. The van der Waals surface area contributed by atoms with Crippen molar-refractivity contribution < 1.29 is 17.9 Å². The van der Waals surface area contributed by atoms with Gasteiger partial charge in [0.05, 0.1) is 18.3 Å². The van der Waals surface area contributed by atoms with Crippen LogP contribution in [-0.4, -0.2) is 87.1 Å². The lowest BCUT2D eigenvalue weighted by molar-refractivity contribution is 0.139. The number of halogens is 2. The molecule has 6 heterocycles. The lowest BCUT2D eigenvalue weighted by Gasteiger charge is -2.36. The summed E-state index contributed by atoms with van der Waals surface area (Å²) in [4.78, 5) is 13.5. The molecule has 0 unspecified atom stereocenters. The Morgan fingerprint density at radius 3 is 2.73 bits per heavy atom. The highest BCUT2D eigenvalue weighted by atomic mass is 19.1. The van der Waals surface area contributed by atoms with E-state index < -0.39 is 12.3 Å². The van der Waals surface area contributed by atoms with Crippen LogP contribution in [-0.2, 0) is 6.54 Å². The number of aromatic nitrogens is 5. The molecule has 2 aliphatic heterocycles. The number of fused-ring (bicyclic) bond motifs is 3. The predicted octanol–water partition coefficient (Wildman–Crippen LogP) is 2.57. The normalized spacial score (nSPS) is 20.2. The van der Waals surface area contributed by atoms with Crippen LogP contribution in [0.15, 0.2) is 53.4 Å². The zero-order valence-electron chi connectivity index (χ0n) is 21.7. The molecule has 0 radical (unpaired) electrons. The molecule has 0 spiro atoms. The van der Waals surface area contributed by atoms with Gasteiger partial charge in [0.15, 0.2) is 17.6 Å². The van der Waals surface area contributed by atoms with Gasteiger partial charge in [-0.1, -0.05) is 0 Å². The molecule has 0 bridgehead atoms. The number of rotatable bonds is 7. The first kappa shape index (κ1) is 24.8. The average molecular weight is 550 g/mol. The Balaban J connectivity index is 0.990. The van der Waals surface area contributed by atoms with Gasteiger partial charge in [-0.2, -0.15) is 14.6 Å². The Labute approximate surface area is 228 Å². The van der Waals surface area contributed by atoms with E-state index >= 15 is 0 Å². The highest BCUT2D eigenvalue weighted by Gasteiger charge is 2.29. The van der Waals surface area contributed by atoms with Crippen molar-refractivity contribution in [3.8, 4) is 17.2 Å². The Kier molecular flexibility index (Phi) is 6.24. The first-order valence-corrected chi connectivity index (χ1v) is 13.4. The smallest absolute Gasteiger partial charge is 0.223 e. The molecule has 2 fully saturated rings. The lowest BCUT2D eigenvalue weighted by atomic mass is 10.2. The van der Waals surface area contributed by atoms with Gasteiger partial charge in [0.1, 0.15) is 34.4 Å². The third kappa shape index (κ3) is 4.50. The van der Waals surface area contributed by atoms with Crippen molar-refractivity contribution in [2.24, 2.45) is 0 Å². The Morgan fingerprint density at radius 2 is 1.98 bits per heavy atom. The zero-order valence-corrected chi connectivity index (χ0v) is 21.7. The van der Waals surface area contributed by atoms with Gasteiger partial charge in [0.25, 0.3) is 0 Å². The van der Waals surface area contributed by atoms with Crippen LogP contribution in [0.25, 0.3) is 28.1 Å². The molecule has 11 nitrogen and oxygen atoms in total. The maximum Gasteiger partial charge on any atom is 0.223 e. The van der Waals surface area contributed by atoms with Gasteiger partial charge in [-0.15, -0.1) is 0 Å².